The molecular weight excluding hydrogens is 285 g/mol. The second-order valence-electron chi connectivity index (χ2n) is 3.51. The van der Waals surface area contributed by atoms with Gasteiger partial charge < -0.3 is 4.90 Å². The highest BCUT2D eigenvalue weighted by Crippen LogP contribution is 2.28. The highest BCUT2D eigenvalue weighted by molar-refractivity contribution is 14.1. The molecule has 0 unspecified atom stereocenters. The minimum Gasteiger partial charge on any atom is -0.377 e. The number of hydrogen-bond donors (Lipinski definition) is 0. The molecule has 0 radical (unpaired) electrons. The first-order chi connectivity index (χ1) is 6.70. The quantitative estimate of drug-likeness (QED) is 0.728. The normalized spacial score (nSPS) is 10.5. The van der Waals surface area contributed by atoms with E-state index in [1.54, 1.807) is 0 Å². The molecule has 0 saturated heterocycles. The zero-order valence-electron chi connectivity index (χ0n) is 8.29. The zero-order chi connectivity index (χ0) is 10.1. The molecular formula is C12H12IN. The van der Waals surface area contributed by atoms with Crippen molar-refractivity contribution in [3.05, 3.63) is 40.0 Å². The van der Waals surface area contributed by atoms with Crippen LogP contribution in [0.2, 0.25) is 0 Å². The van der Waals surface area contributed by atoms with Crippen LogP contribution in [-0.4, -0.2) is 14.1 Å². The molecule has 0 spiro atoms. The number of halogens is 1. The zero-order valence-corrected chi connectivity index (χ0v) is 10.4. The molecule has 0 fully saturated rings. The van der Waals surface area contributed by atoms with E-state index in [9.17, 15) is 0 Å². The van der Waals surface area contributed by atoms with E-state index in [1.165, 1.54) is 20.0 Å². The average Bonchev–Trinajstić information content (AvgIpc) is 2.17. The van der Waals surface area contributed by atoms with Gasteiger partial charge in [0.05, 0.1) is 0 Å². The summed E-state index contributed by atoms with van der Waals surface area (Å²) in [5.41, 5.74) is 1.28. The summed E-state index contributed by atoms with van der Waals surface area (Å²) in [6, 6.07) is 12.9. The molecule has 0 atom stereocenters. The van der Waals surface area contributed by atoms with E-state index in [2.05, 4.69) is 78.0 Å². The number of hydrogen-bond acceptors (Lipinski definition) is 1. The lowest BCUT2D eigenvalue weighted by Gasteiger charge is -2.15. The van der Waals surface area contributed by atoms with Crippen molar-refractivity contribution in [2.75, 3.05) is 19.0 Å². The fraction of sp³-hybridized carbons (Fsp3) is 0.167. The van der Waals surface area contributed by atoms with Crippen LogP contribution in [0, 0.1) is 3.57 Å². The van der Waals surface area contributed by atoms with Crippen LogP contribution in [0.15, 0.2) is 36.4 Å². The molecule has 2 aromatic rings. The average molecular weight is 297 g/mol. The summed E-state index contributed by atoms with van der Waals surface area (Å²) in [4.78, 5) is 2.15. The van der Waals surface area contributed by atoms with E-state index in [4.69, 9.17) is 0 Å². The lowest BCUT2D eigenvalue weighted by molar-refractivity contribution is 1.14. The van der Waals surface area contributed by atoms with Crippen molar-refractivity contribution in [3.8, 4) is 0 Å². The van der Waals surface area contributed by atoms with E-state index in [-0.39, 0.29) is 0 Å². The standard InChI is InChI=1S/C12H12IN/c1-14(2)12-8-4-5-9-10(12)6-3-7-11(9)13/h3-8H,1-2H3. The maximum Gasteiger partial charge on any atom is 0.0441 e. The molecule has 1 nitrogen and oxygen atoms in total. The number of benzene rings is 2. The Labute approximate surface area is 97.9 Å². The Morgan fingerprint density at radius 1 is 0.929 bits per heavy atom. The Morgan fingerprint density at radius 2 is 1.57 bits per heavy atom. The van der Waals surface area contributed by atoms with Gasteiger partial charge in [0.2, 0.25) is 0 Å². The molecule has 14 heavy (non-hydrogen) atoms. The van der Waals surface area contributed by atoms with Crippen molar-refractivity contribution in [2.45, 2.75) is 0 Å². The first kappa shape index (κ1) is 9.77. The lowest BCUT2D eigenvalue weighted by atomic mass is 10.1. The van der Waals surface area contributed by atoms with Gasteiger partial charge in [0.1, 0.15) is 0 Å². The van der Waals surface area contributed by atoms with Gasteiger partial charge in [-0.3, -0.25) is 0 Å². The van der Waals surface area contributed by atoms with Crippen LogP contribution in [-0.2, 0) is 0 Å². The van der Waals surface area contributed by atoms with Crippen LogP contribution in [0.1, 0.15) is 0 Å². The van der Waals surface area contributed by atoms with E-state index in [0.29, 0.717) is 0 Å². The third-order valence-electron chi connectivity index (χ3n) is 2.33. The molecule has 0 saturated carbocycles. The first-order valence-electron chi connectivity index (χ1n) is 4.55. The lowest BCUT2D eigenvalue weighted by Crippen LogP contribution is -2.08. The Morgan fingerprint density at radius 3 is 2.29 bits per heavy atom. The van der Waals surface area contributed by atoms with Gasteiger partial charge in [-0.15, -0.1) is 0 Å². The van der Waals surface area contributed by atoms with Crippen molar-refractivity contribution in [3.63, 3.8) is 0 Å². The Kier molecular flexibility index (Phi) is 2.63. The summed E-state index contributed by atoms with van der Waals surface area (Å²) in [6.45, 7) is 0. The van der Waals surface area contributed by atoms with E-state index >= 15 is 0 Å². The van der Waals surface area contributed by atoms with Crippen LogP contribution < -0.4 is 4.90 Å². The maximum atomic E-state index is 2.38. The van der Waals surface area contributed by atoms with Gasteiger partial charge in [0.15, 0.2) is 0 Å². The Balaban J connectivity index is 2.81. The van der Waals surface area contributed by atoms with Gasteiger partial charge in [-0.05, 0) is 40.1 Å². The van der Waals surface area contributed by atoms with Crippen LogP contribution in [0.5, 0.6) is 0 Å². The van der Waals surface area contributed by atoms with Crippen molar-refractivity contribution in [2.24, 2.45) is 0 Å². The predicted octanol–water partition coefficient (Wildman–Crippen LogP) is 3.51. The summed E-state index contributed by atoms with van der Waals surface area (Å²) >= 11 is 2.38. The summed E-state index contributed by atoms with van der Waals surface area (Å²) in [5.74, 6) is 0. The van der Waals surface area contributed by atoms with Gasteiger partial charge in [-0.1, -0.05) is 24.3 Å². The van der Waals surface area contributed by atoms with Gasteiger partial charge >= 0.3 is 0 Å². The van der Waals surface area contributed by atoms with Crippen molar-refractivity contribution < 1.29 is 0 Å². The molecule has 0 aliphatic heterocycles. The molecule has 0 aliphatic carbocycles. The molecule has 72 valence electrons. The van der Waals surface area contributed by atoms with E-state index < -0.39 is 0 Å². The minimum atomic E-state index is 1.28. The van der Waals surface area contributed by atoms with Crippen LogP contribution in [0.25, 0.3) is 10.8 Å². The molecule has 0 amide bonds. The van der Waals surface area contributed by atoms with Crippen molar-refractivity contribution in [1.82, 2.24) is 0 Å². The first-order valence-corrected chi connectivity index (χ1v) is 5.62. The van der Waals surface area contributed by atoms with Crippen LogP contribution >= 0.6 is 22.6 Å². The van der Waals surface area contributed by atoms with Gasteiger partial charge in [0.25, 0.3) is 0 Å². The van der Waals surface area contributed by atoms with Crippen molar-refractivity contribution >= 4 is 39.1 Å². The Bertz CT molecular complexity index is 463. The number of fused-ring (bicyclic) bond motifs is 1. The largest absolute Gasteiger partial charge is 0.377 e. The highest BCUT2D eigenvalue weighted by Gasteiger charge is 2.03. The second-order valence-corrected chi connectivity index (χ2v) is 4.67. The van der Waals surface area contributed by atoms with Gasteiger partial charge in [-0.25, -0.2) is 0 Å². The third kappa shape index (κ3) is 1.59. The fourth-order valence-corrected chi connectivity index (χ4v) is 2.32. The highest BCUT2D eigenvalue weighted by atomic mass is 127. The minimum absolute atomic E-state index is 1.28. The molecule has 0 bridgehead atoms. The van der Waals surface area contributed by atoms with Crippen LogP contribution in [0.4, 0.5) is 5.69 Å². The van der Waals surface area contributed by atoms with Gasteiger partial charge in [0, 0.05) is 28.7 Å². The third-order valence-corrected chi connectivity index (χ3v) is 3.27. The second kappa shape index (κ2) is 3.77. The van der Waals surface area contributed by atoms with Crippen LogP contribution in [0.3, 0.4) is 0 Å². The molecule has 2 heteroatoms. The number of anilines is 1. The smallest absolute Gasteiger partial charge is 0.0441 e. The molecule has 2 aromatic carbocycles. The topological polar surface area (TPSA) is 3.24 Å². The van der Waals surface area contributed by atoms with Crippen molar-refractivity contribution in [1.29, 1.82) is 0 Å². The SMILES string of the molecule is CN(C)c1cccc2c(I)cccc12. The van der Waals surface area contributed by atoms with E-state index in [0.717, 1.165) is 0 Å². The molecule has 0 N–H and O–H groups in total. The summed E-state index contributed by atoms with van der Waals surface area (Å²) in [6.07, 6.45) is 0. The van der Waals surface area contributed by atoms with Gasteiger partial charge in [-0.2, -0.15) is 0 Å². The maximum absolute atomic E-state index is 2.38. The number of rotatable bonds is 1. The predicted molar refractivity (Wildman–Crippen MR) is 71.0 cm³/mol. The molecule has 0 heterocycles. The summed E-state index contributed by atoms with van der Waals surface area (Å²) < 4.78 is 1.31. The fourth-order valence-electron chi connectivity index (χ4n) is 1.65. The molecule has 0 aliphatic rings. The summed E-state index contributed by atoms with van der Waals surface area (Å²) in [7, 11) is 4.16. The number of nitrogens with zero attached hydrogens (tertiary/aromatic N) is 1. The van der Waals surface area contributed by atoms with E-state index in [1.807, 2.05) is 0 Å². The monoisotopic (exact) mass is 297 g/mol. The molecule has 2 rings (SSSR count). The summed E-state index contributed by atoms with van der Waals surface area (Å²) in [5, 5.41) is 2.66. The molecule has 0 aromatic heterocycles. The Hall–Kier alpha value is -0.770.